The molecule has 0 aliphatic carbocycles. The summed E-state index contributed by atoms with van der Waals surface area (Å²) in [6, 6.07) is 13.5. The quantitative estimate of drug-likeness (QED) is 0.775. The molecule has 1 heterocycles. The van der Waals surface area contributed by atoms with Gasteiger partial charge in [0.1, 0.15) is 0 Å². The Morgan fingerprint density at radius 3 is 2.26 bits per heavy atom. The predicted molar refractivity (Wildman–Crippen MR) is 87.6 cm³/mol. The van der Waals surface area contributed by atoms with E-state index in [1.54, 1.807) is 36.4 Å². The van der Waals surface area contributed by atoms with Crippen LogP contribution in [-0.2, 0) is 9.84 Å². The van der Waals surface area contributed by atoms with Gasteiger partial charge in [0.05, 0.1) is 4.90 Å². The van der Waals surface area contributed by atoms with E-state index in [-0.39, 0.29) is 10.9 Å². The number of rotatable bonds is 4. The molecule has 0 amide bonds. The normalized spacial score (nSPS) is 11.4. The summed E-state index contributed by atoms with van der Waals surface area (Å²) >= 11 is 5.82. The highest BCUT2D eigenvalue weighted by atomic mass is 35.5. The van der Waals surface area contributed by atoms with Crippen molar-refractivity contribution < 1.29 is 12.8 Å². The predicted octanol–water partition coefficient (Wildman–Crippen LogP) is 3.54. The third-order valence-corrected chi connectivity index (χ3v) is 4.43. The van der Waals surface area contributed by atoms with Gasteiger partial charge in [-0.1, -0.05) is 16.7 Å². The summed E-state index contributed by atoms with van der Waals surface area (Å²) in [6.07, 6.45) is 1.16. The highest BCUT2D eigenvalue weighted by molar-refractivity contribution is 7.90. The van der Waals surface area contributed by atoms with Gasteiger partial charge in [-0.15, -0.1) is 5.10 Å². The molecule has 118 valence electrons. The molecule has 0 bridgehead atoms. The molecule has 3 rings (SSSR count). The first-order chi connectivity index (χ1) is 10.9. The van der Waals surface area contributed by atoms with E-state index in [1.807, 2.05) is 0 Å². The molecule has 2 aromatic carbocycles. The third kappa shape index (κ3) is 3.69. The Kier molecular flexibility index (Phi) is 4.06. The molecule has 0 unspecified atom stereocenters. The van der Waals surface area contributed by atoms with Gasteiger partial charge in [-0.25, -0.2) is 8.42 Å². The molecular weight excluding hydrogens is 338 g/mol. The average molecular weight is 350 g/mol. The number of aromatic nitrogens is 2. The van der Waals surface area contributed by atoms with E-state index < -0.39 is 9.84 Å². The fraction of sp³-hybridized carbons (Fsp3) is 0.0667. The number of sulfone groups is 1. The van der Waals surface area contributed by atoms with Gasteiger partial charge in [0, 0.05) is 22.5 Å². The lowest BCUT2D eigenvalue weighted by Gasteiger charge is -2.01. The molecule has 0 saturated heterocycles. The Morgan fingerprint density at radius 2 is 1.65 bits per heavy atom. The number of benzene rings is 2. The van der Waals surface area contributed by atoms with E-state index in [9.17, 15) is 8.42 Å². The van der Waals surface area contributed by atoms with E-state index in [0.717, 1.165) is 11.9 Å². The van der Waals surface area contributed by atoms with E-state index in [2.05, 4.69) is 15.5 Å². The molecule has 8 heteroatoms. The SMILES string of the molecule is CS(=O)(=O)c1ccc(-c2nnc(Nc3ccc(Cl)cc3)o2)cc1. The Balaban J connectivity index is 1.80. The second-order valence-corrected chi connectivity index (χ2v) is 7.29. The first-order valence-electron chi connectivity index (χ1n) is 6.58. The van der Waals surface area contributed by atoms with Crippen molar-refractivity contribution in [2.75, 3.05) is 11.6 Å². The molecule has 0 fully saturated rings. The summed E-state index contributed by atoms with van der Waals surface area (Å²) in [5.74, 6) is 0.293. The maximum Gasteiger partial charge on any atom is 0.320 e. The molecule has 23 heavy (non-hydrogen) atoms. The minimum Gasteiger partial charge on any atom is -0.403 e. The molecule has 0 atom stereocenters. The average Bonchev–Trinajstić information content (AvgIpc) is 2.97. The van der Waals surface area contributed by atoms with Crippen LogP contribution in [0.2, 0.25) is 5.02 Å². The zero-order valence-electron chi connectivity index (χ0n) is 12.0. The minimum atomic E-state index is -3.23. The van der Waals surface area contributed by atoms with Gasteiger partial charge in [0.15, 0.2) is 9.84 Å². The van der Waals surface area contributed by atoms with Crippen molar-refractivity contribution in [2.24, 2.45) is 0 Å². The molecule has 3 aromatic rings. The van der Waals surface area contributed by atoms with Crippen LogP contribution in [0.15, 0.2) is 57.8 Å². The van der Waals surface area contributed by atoms with Gasteiger partial charge >= 0.3 is 6.01 Å². The maximum absolute atomic E-state index is 11.4. The monoisotopic (exact) mass is 349 g/mol. The summed E-state index contributed by atoms with van der Waals surface area (Å²) in [6.45, 7) is 0. The smallest absolute Gasteiger partial charge is 0.320 e. The van der Waals surface area contributed by atoms with Crippen LogP contribution >= 0.6 is 11.6 Å². The van der Waals surface area contributed by atoms with Crippen molar-refractivity contribution in [3.05, 3.63) is 53.6 Å². The van der Waals surface area contributed by atoms with Crippen LogP contribution in [0, 0.1) is 0 Å². The first kappa shape index (κ1) is 15.5. The lowest BCUT2D eigenvalue weighted by atomic mass is 10.2. The number of nitrogens with zero attached hydrogens (tertiary/aromatic N) is 2. The van der Waals surface area contributed by atoms with Gasteiger partial charge in [-0.3, -0.25) is 0 Å². The summed E-state index contributed by atoms with van der Waals surface area (Å²) < 4.78 is 28.4. The molecule has 1 N–H and O–H groups in total. The second-order valence-electron chi connectivity index (χ2n) is 4.84. The first-order valence-corrected chi connectivity index (χ1v) is 8.85. The summed E-state index contributed by atoms with van der Waals surface area (Å²) in [7, 11) is -3.23. The van der Waals surface area contributed by atoms with Gasteiger partial charge < -0.3 is 9.73 Å². The van der Waals surface area contributed by atoms with E-state index in [1.165, 1.54) is 12.1 Å². The minimum absolute atomic E-state index is 0.231. The molecule has 0 spiro atoms. The van der Waals surface area contributed by atoms with Crippen LogP contribution < -0.4 is 5.32 Å². The van der Waals surface area contributed by atoms with Crippen molar-refractivity contribution in [1.29, 1.82) is 0 Å². The van der Waals surface area contributed by atoms with Crippen LogP contribution in [0.4, 0.5) is 11.7 Å². The molecular formula is C15H12ClN3O3S. The number of nitrogens with one attached hydrogen (secondary N) is 1. The van der Waals surface area contributed by atoms with Crippen molar-refractivity contribution in [3.63, 3.8) is 0 Å². The fourth-order valence-corrected chi connectivity index (χ4v) is 2.65. The molecule has 0 aliphatic rings. The molecule has 6 nitrogen and oxygen atoms in total. The Morgan fingerprint density at radius 1 is 1.00 bits per heavy atom. The lowest BCUT2D eigenvalue weighted by Crippen LogP contribution is -1.96. The molecule has 0 saturated carbocycles. The van der Waals surface area contributed by atoms with Crippen LogP contribution in [-0.4, -0.2) is 24.9 Å². The zero-order valence-corrected chi connectivity index (χ0v) is 13.6. The van der Waals surface area contributed by atoms with Gasteiger partial charge in [0.2, 0.25) is 5.89 Å². The number of hydrogen-bond donors (Lipinski definition) is 1. The van der Waals surface area contributed by atoms with Crippen molar-refractivity contribution in [3.8, 4) is 11.5 Å². The topological polar surface area (TPSA) is 85.1 Å². The van der Waals surface area contributed by atoms with Crippen molar-refractivity contribution in [2.45, 2.75) is 4.90 Å². The van der Waals surface area contributed by atoms with Crippen LogP contribution in [0.5, 0.6) is 0 Å². The maximum atomic E-state index is 11.4. The van der Waals surface area contributed by atoms with E-state index in [4.69, 9.17) is 16.0 Å². The zero-order chi connectivity index (χ0) is 16.4. The third-order valence-electron chi connectivity index (χ3n) is 3.05. The van der Waals surface area contributed by atoms with Crippen molar-refractivity contribution >= 4 is 33.1 Å². The summed E-state index contributed by atoms with van der Waals surface area (Å²) in [5, 5.41) is 11.4. The number of anilines is 2. The highest BCUT2D eigenvalue weighted by Crippen LogP contribution is 2.24. The van der Waals surface area contributed by atoms with Crippen molar-refractivity contribution in [1.82, 2.24) is 10.2 Å². The van der Waals surface area contributed by atoms with E-state index in [0.29, 0.717) is 16.5 Å². The Labute approximate surface area is 138 Å². The van der Waals surface area contributed by atoms with E-state index >= 15 is 0 Å². The summed E-state index contributed by atoms with van der Waals surface area (Å²) in [4.78, 5) is 0.236. The molecule has 1 aromatic heterocycles. The number of hydrogen-bond acceptors (Lipinski definition) is 6. The lowest BCUT2D eigenvalue weighted by molar-refractivity contribution is 0.587. The number of halogens is 1. The molecule has 0 radical (unpaired) electrons. The summed E-state index contributed by atoms with van der Waals surface area (Å²) in [5.41, 5.74) is 1.39. The fourth-order valence-electron chi connectivity index (χ4n) is 1.89. The molecule has 0 aliphatic heterocycles. The second kappa shape index (κ2) is 6.02. The van der Waals surface area contributed by atoms with Crippen LogP contribution in [0.3, 0.4) is 0 Å². The highest BCUT2D eigenvalue weighted by Gasteiger charge is 2.11. The van der Waals surface area contributed by atoms with Gasteiger partial charge in [-0.05, 0) is 48.5 Å². The Bertz CT molecular complexity index is 919. The van der Waals surface area contributed by atoms with Crippen LogP contribution in [0.1, 0.15) is 0 Å². The van der Waals surface area contributed by atoms with Gasteiger partial charge in [-0.2, -0.15) is 0 Å². The standard InChI is InChI=1S/C15H12ClN3O3S/c1-23(20,21)13-8-2-10(3-9-13)14-18-19-15(22-14)17-12-6-4-11(16)5-7-12/h2-9H,1H3,(H,17,19). The van der Waals surface area contributed by atoms with Crippen LogP contribution in [0.25, 0.3) is 11.5 Å². The van der Waals surface area contributed by atoms with Gasteiger partial charge in [0.25, 0.3) is 0 Å². The largest absolute Gasteiger partial charge is 0.403 e. The Hall–Kier alpha value is -2.38.